The Balaban J connectivity index is 2.30. The van der Waals surface area contributed by atoms with E-state index in [1.807, 2.05) is 29.7 Å². The van der Waals surface area contributed by atoms with Crippen molar-refractivity contribution in [2.75, 3.05) is 19.3 Å². The molecule has 0 atom stereocenters. The van der Waals surface area contributed by atoms with Gasteiger partial charge in [0.25, 0.3) is 0 Å². The zero-order valence-electron chi connectivity index (χ0n) is 11.5. The summed E-state index contributed by atoms with van der Waals surface area (Å²) in [7, 11) is 2.00. The summed E-state index contributed by atoms with van der Waals surface area (Å²) in [4.78, 5) is 0. The van der Waals surface area contributed by atoms with E-state index in [0.29, 0.717) is 4.75 Å². The number of hydrogen-bond donors (Lipinski definition) is 1. The fourth-order valence-corrected chi connectivity index (χ4v) is 2.86. The highest BCUT2D eigenvalue weighted by Gasteiger charge is 2.23. The van der Waals surface area contributed by atoms with Crippen LogP contribution in [0.25, 0.3) is 0 Å². The molecule has 1 aromatic rings. The summed E-state index contributed by atoms with van der Waals surface area (Å²) in [5, 5.41) is 7.76. The lowest BCUT2D eigenvalue weighted by atomic mass is 10.0. The number of hydrogen-bond acceptors (Lipinski definition) is 3. The van der Waals surface area contributed by atoms with Gasteiger partial charge in [0, 0.05) is 43.2 Å². The minimum atomic E-state index is 0.409. The Morgan fingerprint density at radius 2 is 2.12 bits per heavy atom. The number of aryl methyl sites for hydroxylation is 1. The van der Waals surface area contributed by atoms with Crippen molar-refractivity contribution in [2.24, 2.45) is 7.05 Å². The molecular weight excluding hydrogens is 230 g/mol. The molecule has 0 aliphatic heterocycles. The van der Waals surface area contributed by atoms with Gasteiger partial charge in [-0.1, -0.05) is 13.8 Å². The van der Waals surface area contributed by atoms with Crippen molar-refractivity contribution in [1.82, 2.24) is 15.1 Å². The summed E-state index contributed by atoms with van der Waals surface area (Å²) in [6, 6.07) is 2.09. The second-order valence-corrected chi connectivity index (χ2v) is 5.74. The summed E-state index contributed by atoms with van der Waals surface area (Å²) in [6.07, 6.45) is 7.58. The molecule has 3 nitrogen and oxygen atoms in total. The molecule has 1 heterocycles. The van der Waals surface area contributed by atoms with E-state index in [9.17, 15) is 0 Å². The van der Waals surface area contributed by atoms with Gasteiger partial charge in [-0.05, 0) is 25.2 Å². The fraction of sp³-hybridized carbons (Fsp3) is 0.769. The smallest absolute Gasteiger partial charge is 0.0492 e. The lowest BCUT2D eigenvalue weighted by Gasteiger charge is -2.30. The van der Waals surface area contributed by atoms with Crippen LogP contribution in [-0.4, -0.2) is 33.9 Å². The van der Waals surface area contributed by atoms with Crippen LogP contribution < -0.4 is 5.32 Å². The van der Waals surface area contributed by atoms with Crippen LogP contribution in [0.5, 0.6) is 0 Å². The molecule has 0 fully saturated rings. The predicted molar refractivity (Wildman–Crippen MR) is 76.6 cm³/mol. The maximum absolute atomic E-state index is 4.18. The van der Waals surface area contributed by atoms with E-state index in [0.717, 1.165) is 19.5 Å². The van der Waals surface area contributed by atoms with Crippen molar-refractivity contribution >= 4 is 11.8 Å². The molecule has 0 saturated heterocycles. The van der Waals surface area contributed by atoms with E-state index >= 15 is 0 Å². The van der Waals surface area contributed by atoms with Gasteiger partial charge in [-0.2, -0.15) is 16.9 Å². The Kier molecular flexibility index (Phi) is 6.06. The second kappa shape index (κ2) is 7.07. The van der Waals surface area contributed by atoms with Crippen LogP contribution in [0.2, 0.25) is 0 Å². The molecule has 0 unspecified atom stereocenters. The molecule has 0 radical (unpaired) electrons. The standard InChI is InChI=1S/C13H25N3S/c1-5-13(6-2,17-4)11-14-9-7-12-8-10-15-16(12)3/h8,10,14H,5-7,9,11H2,1-4H3. The van der Waals surface area contributed by atoms with Gasteiger partial charge in [0.1, 0.15) is 0 Å². The first kappa shape index (κ1) is 14.6. The van der Waals surface area contributed by atoms with Crippen LogP contribution in [0, 0.1) is 0 Å². The molecule has 0 bridgehead atoms. The SMILES string of the molecule is CCC(CC)(CNCCc1ccnn1C)SC. The van der Waals surface area contributed by atoms with Gasteiger partial charge in [-0.25, -0.2) is 0 Å². The fourth-order valence-electron chi connectivity index (χ4n) is 2.04. The van der Waals surface area contributed by atoms with Gasteiger partial charge in [0.2, 0.25) is 0 Å². The van der Waals surface area contributed by atoms with Crippen molar-refractivity contribution < 1.29 is 0 Å². The average molecular weight is 255 g/mol. The van der Waals surface area contributed by atoms with E-state index in [1.54, 1.807) is 0 Å². The molecule has 17 heavy (non-hydrogen) atoms. The van der Waals surface area contributed by atoms with Crippen molar-refractivity contribution in [1.29, 1.82) is 0 Å². The Bertz CT molecular complexity index is 310. The van der Waals surface area contributed by atoms with Crippen molar-refractivity contribution in [3.05, 3.63) is 18.0 Å². The maximum Gasteiger partial charge on any atom is 0.0492 e. The van der Waals surface area contributed by atoms with Gasteiger partial charge in [-0.3, -0.25) is 4.68 Å². The largest absolute Gasteiger partial charge is 0.315 e. The van der Waals surface area contributed by atoms with Gasteiger partial charge >= 0.3 is 0 Å². The molecule has 4 heteroatoms. The Morgan fingerprint density at radius 1 is 1.41 bits per heavy atom. The van der Waals surface area contributed by atoms with E-state index < -0.39 is 0 Å². The van der Waals surface area contributed by atoms with E-state index in [2.05, 4.69) is 36.6 Å². The van der Waals surface area contributed by atoms with Crippen LogP contribution in [-0.2, 0) is 13.5 Å². The third-order valence-corrected chi connectivity index (χ3v) is 5.24. The summed E-state index contributed by atoms with van der Waals surface area (Å²) in [5.74, 6) is 0. The Hall–Kier alpha value is -0.480. The topological polar surface area (TPSA) is 29.9 Å². The molecule has 0 amide bonds. The first-order valence-electron chi connectivity index (χ1n) is 6.40. The lowest BCUT2D eigenvalue weighted by molar-refractivity contribution is 0.494. The van der Waals surface area contributed by atoms with E-state index in [-0.39, 0.29) is 0 Å². The number of rotatable bonds is 8. The first-order valence-corrected chi connectivity index (χ1v) is 7.62. The first-order chi connectivity index (χ1) is 8.17. The number of nitrogens with one attached hydrogen (secondary N) is 1. The molecule has 0 aliphatic carbocycles. The summed E-state index contributed by atoms with van der Waals surface area (Å²) in [5.41, 5.74) is 1.29. The lowest BCUT2D eigenvalue weighted by Crippen LogP contribution is -2.37. The highest BCUT2D eigenvalue weighted by atomic mass is 32.2. The molecule has 0 spiro atoms. The van der Waals surface area contributed by atoms with Crippen LogP contribution in [0.15, 0.2) is 12.3 Å². The molecule has 0 aromatic carbocycles. The molecular formula is C13H25N3S. The van der Waals surface area contributed by atoms with Gasteiger partial charge in [0.15, 0.2) is 0 Å². The van der Waals surface area contributed by atoms with Crippen LogP contribution >= 0.6 is 11.8 Å². The zero-order chi connectivity index (χ0) is 12.7. The number of thioether (sulfide) groups is 1. The minimum Gasteiger partial charge on any atom is -0.315 e. The molecule has 98 valence electrons. The Morgan fingerprint density at radius 3 is 2.59 bits per heavy atom. The highest BCUT2D eigenvalue weighted by molar-refractivity contribution is 8.00. The van der Waals surface area contributed by atoms with Gasteiger partial charge in [-0.15, -0.1) is 0 Å². The minimum absolute atomic E-state index is 0.409. The number of aromatic nitrogens is 2. The summed E-state index contributed by atoms with van der Waals surface area (Å²) < 4.78 is 2.36. The summed E-state index contributed by atoms with van der Waals surface area (Å²) >= 11 is 1.99. The second-order valence-electron chi connectivity index (χ2n) is 4.47. The van der Waals surface area contributed by atoms with Crippen LogP contribution in [0.1, 0.15) is 32.4 Å². The van der Waals surface area contributed by atoms with Crippen molar-refractivity contribution in [3.63, 3.8) is 0 Å². The maximum atomic E-state index is 4.18. The van der Waals surface area contributed by atoms with E-state index in [4.69, 9.17) is 0 Å². The molecule has 1 aromatic heterocycles. The van der Waals surface area contributed by atoms with Crippen molar-refractivity contribution in [2.45, 2.75) is 37.9 Å². The van der Waals surface area contributed by atoms with Crippen molar-refractivity contribution in [3.8, 4) is 0 Å². The normalized spacial score (nSPS) is 12.0. The Labute approximate surface area is 109 Å². The van der Waals surface area contributed by atoms with Crippen LogP contribution in [0.4, 0.5) is 0 Å². The monoisotopic (exact) mass is 255 g/mol. The molecule has 1 N–H and O–H groups in total. The number of nitrogens with zero attached hydrogens (tertiary/aromatic N) is 2. The zero-order valence-corrected chi connectivity index (χ0v) is 12.3. The van der Waals surface area contributed by atoms with Crippen LogP contribution in [0.3, 0.4) is 0 Å². The summed E-state index contributed by atoms with van der Waals surface area (Å²) in [6.45, 7) is 6.69. The third-order valence-electron chi connectivity index (χ3n) is 3.65. The molecule has 1 rings (SSSR count). The predicted octanol–water partition coefficient (Wildman–Crippen LogP) is 2.47. The third kappa shape index (κ3) is 4.03. The van der Waals surface area contributed by atoms with Gasteiger partial charge < -0.3 is 5.32 Å². The highest BCUT2D eigenvalue weighted by Crippen LogP contribution is 2.29. The molecule has 0 saturated carbocycles. The quantitative estimate of drug-likeness (QED) is 0.724. The van der Waals surface area contributed by atoms with E-state index in [1.165, 1.54) is 18.5 Å². The average Bonchev–Trinajstić information content (AvgIpc) is 2.76. The molecule has 0 aliphatic rings. The van der Waals surface area contributed by atoms with Gasteiger partial charge in [0.05, 0.1) is 0 Å².